The summed E-state index contributed by atoms with van der Waals surface area (Å²) < 4.78 is 16.8. The van der Waals surface area contributed by atoms with Crippen molar-refractivity contribution in [1.29, 1.82) is 0 Å². The van der Waals surface area contributed by atoms with Crippen molar-refractivity contribution in [3.05, 3.63) is 35.6 Å². The van der Waals surface area contributed by atoms with Crippen LogP contribution in [0.4, 0.5) is 0 Å². The van der Waals surface area contributed by atoms with E-state index in [1.807, 2.05) is 38.1 Å². The van der Waals surface area contributed by atoms with Gasteiger partial charge in [0.15, 0.2) is 0 Å². The molecule has 4 nitrogen and oxygen atoms in total. The molecule has 1 heterocycles. The highest BCUT2D eigenvalue weighted by Crippen LogP contribution is 2.26. The van der Waals surface area contributed by atoms with E-state index in [9.17, 15) is 0 Å². The first-order valence-electron chi connectivity index (χ1n) is 6.65. The minimum Gasteiger partial charge on any atom is -0.458 e. The first-order valence-corrected chi connectivity index (χ1v) is 6.65. The van der Waals surface area contributed by atoms with Crippen molar-refractivity contribution in [2.24, 2.45) is 5.73 Å². The van der Waals surface area contributed by atoms with Gasteiger partial charge in [0.25, 0.3) is 0 Å². The standard InChI is InChI=1S/C15H21NO3/c1-3-17-9-11(2)18-10-15-13(8-16)12-6-4-5-7-14(12)19-15/h4-7,11H,3,8-10,16H2,1-2H3. The molecule has 19 heavy (non-hydrogen) atoms. The summed E-state index contributed by atoms with van der Waals surface area (Å²) in [5.74, 6) is 0.812. The van der Waals surface area contributed by atoms with Gasteiger partial charge in [-0.1, -0.05) is 18.2 Å². The Bertz CT molecular complexity index is 521. The van der Waals surface area contributed by atoms with Crippen LogP contribution in [0, 0.1) is 0 Å². The molecule has 0 aliphatic rings. The van der Waals surface area contributed by atoms with Crippen LogP contribution in [0.25, 0.3) is 11.0 Å². The zero-order valence-electron chi connectivity index (χ0n) is 11.5. The molecule has 2 rings (SSSR count). The Morgan fingerprint density at radius 3 is 2.84 bits per heavy atom. The van der Waals surface area contributed by atoms with Crippen LogP contribution in [0.5, 0.6) is 0 Å². The molecular weight excluding hydrogens is 242 g/mol. The van der Waals surface area contributed by atoms with Gasteiger partial charge in [0, 0.05) is 24.1 Å². The highest BCUT2D eigenvalue weighted by molar-refractivity contribution is 5.82. The molecule has 0 saturated carbocycles. The topological polar surface area (TPSA) is 57.6 Å². The van der Waals surface area contributed by atoms with Crippen molar-refractivity contribution in [3.8, 4) is 0 Å². The summed E-state index contributed by atoms with van der Waals surface area (Å²) in [6, 6.07) is 7.91. The quantitative estimate of drug-likeness (QED) is 0.834. The number of nitrogens with two attached hydrogens (primary N) is 1. The molecule has 0 saturated heterocycles. The van der Waals surface area contributed by atoms with Crippen molar-refractivity contribution in [2.45, 2.75) is 33.1 Å². The van der Waals surface area contributed by atoms with Gasteiger partial charge in [0.2, 0.25) is 0 Å². The summed E-state index contributed by atoms with van der Waals surface area (Å²) in [4.78, 5) is 0. The molecule has 0 amide bonds. The van der Waals surface area contributed by atoms with Gasteiger partial charge in [-0.3, -0.25) is 0 Å². The Morgan fingerprint density at radius 2 is 2.11 bits per heavy atom. The molecule has 2 N–H and O–H groups in total. The third-order valence-electron chi connectivity index (χ3n) is 3.04. The third kappa shape index (κ3) is 3.35. The van der Waals surface area contributed by atoms with Crippen LogP contribution >= 0.6 is 0 Å². The van der Waals surface area contributed by atoms with Gasteiger partial charge in [-0.25, -0.2) is 0 Å². The lowest BCUT2D eigenvalue weighted by Gasteiger charge is -2.12. The number of hydrogen-bond acceptors (Lipinski definition) is 4. The average molecular weight is 263 g/mol. The van der Waals surface area contributed by atoms with Gasteiger partial charge in [-0.05, 0) is 19.9 Å². The summed E-state index contributed by atoms with van der Waals surface area (Å²) in [5.41, 5.74) is 7.69. The van der Waals surface area contributed by atoms with Crippen molar-refractivity contribution in [1.82, 2.24) is 0 Å². The number of para-hydroxylation sites is 1. The maximum Gasteiger partial charge on any atom is 0.135 e. The zero-order chi connectivity index (χ0) is 13.7. The number of benzene rings is 1. The number of furan rings is 1. The molecule has 0 spiro atoms. The van der Waals surface area contributed by atoms with E-state index in [-0.39, 0.29) is 6.10 Å². The van der Waals surface area contributed by atoms with Crippen LogP contribution in [0.3, 0.4) is 0 Å². The maximum absolute atomic E-state index is 5.81. The molecule has 1 atom stereocenters. The lowest BCUT2D eigenvalue weighted by Crippen LogP contribution is -2.16. The van der Waals surface area contributed by atoms with E-state index in [2.05, 4.69) is 0 Å². The Kier molecular flexibility index (Phi) is 4.96. The van der Waals surface area contributed by atoms with Crippen molar-refractivity contribution in [2.75, 3.05) is 13.2 Å². The summed E-state index contributed by atoms with van der Waals surface area (Å²) in [7, 11) is 0. The van der Waals surface area contributed by atoms with Gasteiger partial charge in [-0.2, -0.15) is 0 Å². The van der Waals surface area contributed by atoms with Gasteiger partial charge < -0.3 is 19.6 Å². The van der Waals surface area contributed by atoms with E-state index in [4.69, 9.17) is 19.6 Å². The molecule has 4 heteroatoms. The van der Waals surface area contributed by atoms with E-state index >= 15 is 0 Å². The van der Waals surface area contributed by atoms with Crippen LogP contribution in [-0.2, 0) is 22.6 Å². The smallest absolute Gasteiger partial charge is 0.135 e. The maximum atomic E-state index is 5.81. The summed E-state index contributed by atoms with van der Waals surface area (Å²) in [6.45, 7) is 6.13. The Labute approximate surface area is 113 Å². The monoisotopic (exact) mass is 263 g/mol. The molecule has 1 unspecified atom stereocenters. The lowest BCUT2D eigenvalue weighted by atomic mass is 10.1. The fraction of sp³-hybridized carbons (Fsp3) is 0.467. The molecule has 0 radical (unpaired) electrons. The van der Waals surface area contributed by atoms with Crippen LogP contribution in [-0.4, -0.2) is 19.3 Å². The fourth-order valence-corrected chi connectivity index (χ4v) is 2.04. The van der Waals surface area contributed by atoms with Gasteiger partial charge in [0.1, 0.15) is 18.0 Å². The minimum absolute atomic E-state index is 0.0405. The van der Waals surface area contributed by atoms with Gasteiger partial charge in [0.05, 0.1) is 12.7 Å². The summed E-state index contributed by atoms with van der Waals surface area (Å²) in [5, 5.41) is 1.07. The van der Waals surface area contributed by atoms with E-state index < -0.39 is 0 Å². The molecule has 0 aliphatic carbocycles. The predicted octanol–water partition coefficient (Wildman–Crippen LogP) is 2.83. The average Bonchev–Trinajstić information content (AvgIpc) is 2.80. The molecule has 0 bridgehead atoms. The number of hydrogen-bond donors (Lipinski definition) is 1. The minimum atomic E-state index is 0.0405. The molecule has 0 aliphatic heterocycles. The zero-order valence-corrected chi connectivity index (χ0v) is 11.5. The molecule has 0 fully saturated rings. The second-order valence-electron chi connectivity index (χ2n) is 4.49. The molecule has 1 aromatic carbocycles. The first kappa shape index (κ1) is 14.1. The first-order chi connectivity index (χ1) is 9.26. The van der Waals surface area contributed by atoms with E-state index in [0.29, 0.717) is 26.4 Å². The fourth-order valence-electron chi connectivity index (χ4n) is 2.04. The van der Waals surface area contributed by atoms with Gasteiger partial charge >= 0.3 is 0 Å². The van der Waals surface area contributed by atoms with Crippen molar-refractivity contribution in [3.63, 3.8) is 0 Å². The van der Waals surface area contributed by atoms with Crippen LogP contribution in [0.15, 0.2) is 28.7 Å². The van der Waals surface area contributed by atoms with Crippen molar-refractivity contribution >= 4 is 11.0 Å². The molecule has 2 aromatic rings. The normalized spacial score (nSPS) is 13.0. The molecule has 1 aromatic heterocycles. The summed E-state index contributed by atoms with van der Waals surface area (Å²) >= 11 is 0. The lowest BCUT2D eigenvalue weighted by molar-refractivity contribution is -0.0169. The number of ether oxygens (including phenoxy) is 2. The number of fused-ring (bicyclic) bond motifs is 1. The second kappa shape index (κ2) is 6.70. The second-order valence-corrected chi connectivity index (χ2v) is 4.49. The largest absolute Gasteiger partial charge is 0.458 e. The van der Waals surface area contributed by atoms with Crippen LogP contribution < -0.4 is 5.73 Å². The SMILES string of the molecule is CCOCC(C)OCc1oc2ccccc2c1CN. The van der Waals surface area contributed by atoms with E-state index in [1.54, 1.807) is 0 Å². The van der Waals surface area contributed by atoms with Crippen molar-refractivity contribution < 1.29 is 13.9 Å². The van der Waals surface area contributed by atoms with Crippen LogP contribution in [0.1, 0.15) is 25.2 Å². The highest BCUT2D eigenvalue weighted by Gasteiger charge is 2.13. The van der Waals surface area contributed by atoms with Gasteiger partial charge in [-0.15, -0.1) is 0 Å². The number of rotatable bonds is 7. The molecular formula is C15H21NO3. The Morgan fingerprint density at radius 1 is 1.32 bits per heavy atom. The highest BCUT2D eigenvalue weighted by atomic mass is 16.5. The molecule has 104 valence electrons. The predicted molar refractivity (Wildman–Crippen MR) is 74.8 cm³/mol. The third-order valence-corrected chi connectivity index (χ3v) is 3.04. The Hall–Kier alpha value is -1.36. The van der Waals surface area contributed by atoms with E-state index in [1.165, 1.54) is 0 Å². The Balaban J connectivity index is 2.07. The summed E-state index contributed by atoms with van der Waals surface area (Å²) in [6.07, 6.45) is 0.0405. The van der Waals surface area contributed by atoms with E-state index in [0.717, 1.165) is 22.3 Å². The van der Waals surface area contributed by atoms with Crippen LogP contribution in [0.2, 0.25) is 0 Å².